The molecule has 13 heavy (non-hydrogen) atoms. The fraction of sp³-hybridized carbons (Fsp3) is 0.400. The van der Waals surface area contributed by atoms with Crippen molar-refractivity contribution in [3.63, 3.8) is 0 Å². The van der Waals surface area contributed by atoms with Gasteiger partial charge in [-0.1, -0.05) is 18.2 Å². The zero-order valence-corrected chi connectivity index (χ0v) is 8.17. The SMILES string of the molecule is ClC1CN(c2ccccc2)CCN1. The predicted octanol–water partition coefficient (Wildman–Crippen LogP) is 1.66. The van der Waals surface area contributed by atoms with Crippen LogP contribution in [0.1, 0.15) is 0 Å². The first-order valence-electron chi connectivity index (χ1n) is 4.54. The largest absolute Gasteiger partial charge is 0.367 e. The summed E-state index contributed by atoms with van der Waals surface area (Å²) in [4.78, 5) is 2.30. The lowest BCUT2D eigenvalue weighted by atomic mass is 10.2. The molecule has 2 nitrogen and oxygen atoms in total. The number of piperazine rings is 1. The van der Waals surface area contributed by atoms with Gasteiger partial charge in [-0.2, -0.15) is 0 Å². The summed E-state index contributed by atoms with van der Waals surface area (Å²) in [6.45, 7) is 2.88. The van der Waals surface area contributed by atoms with E-state index in [4.69, 9.17) is 11.6 Å². The number of hydrogen-bond donors (Lipinski definition) is 1. The van der Waals surface area contributed by atoms with Gasteiger partial charge in [0.05, 0.1) is 0 Å². The van der Waals surface area contributed by atoms with Gasteiger partial charge in [0.25, 0.3) is 0 Å². The van der Waals surface area contributed by atoms with E-state index < -0.39 is 0 Å². The highest BCUT2D eigenvalue weighted by molar-refractivity contribution is 6.20. The molecule has 2 rings (SSSR count). The minimum atomic E-state index is 0.0777. The molecule has 1 aromatic carbocycles. The molecule has 1 unspecified atom stereocenters. The zero-order chi connectivity index (χ0) is 9.10. The molecular formula is C10H13ClN2. The summed E-state index contributed by atoms with van der Waals surface area (Å²) in [7, 11) is 0. The lowest BCUT2D eigenvalue weighted by molar-refractivity contribution is 0.552. The Kier molecular flexibility index (Phi) is 2.71. The Morgan fingerprint density at radius 3 is 2.77 bits per heavy atom. The van der Waals surface area contributed by atoms with Gasteiger partial charge >= 0.3 is 0 Å². The topological polar surface area (TPSA) is 15.3 Å². The highest BCUT2D eigenvalue weighted by Gasteiger charge is 2.16. The Balaban J connectivity index is 2.08. The maximum absolute atomic E-state index is 6.01. The molecule has 0 aliphatic carbocycles. The molecule has 0 aromatic heterocycles. The number of benzene rings is 1. The van der Waals surface area contributed by atoms with Crippen LogP contribution in [0.15, 0.2) is 30.3 Å². The van der Waals surface area contributed by atoms with E-state index >= 15 is 0 Å². The molecule has 1 saturated heterocycles. The number of anilines is 1. The van der Waals surface area contributed by atoms with Crippen LogP contribution < -0.4 is 10.2 Å². The average molecular weight is 197 g/mol. The fourth-order valence-electron chi connectivity index (χ4n) is 1.58. The standard InChI is InChI=1S/C10H13ClN2/c11-10-8-13(7-6-12-10)9-4-2-1-3-5-9/h1-5,10,12H,6-8H2. The average Bonchev–Trinajstić information content (AvgIpc) is 2.19. The van der Waals surface area contributed by atoms with E-state index in [0.29, 0.717) is 0 Å². The summed E-state index contributed by atoms with van der Waals surface area (Å²) in [6.07, 6.45) is 0. The second kappa shape index (κ2) is 3.99. The molecular weight excluding hydrogens is 184 g/mol. The summed E-state index contributed by atoms with van der Waals surface area (Å²) in [6, 6.07) is 10.4. The Morgan fingerprint density at radius 2 is 2.08 bits per heavy atom. The van der Waals surface area contributed by atoms with Crippen molar-refractivity contribution in [3.8, 4) is 0 Å². The second-order valence-corrected chi connectivity index (χ2v) is 3.73. The Bertz CT molecular complexity index is 263. The van der Waals surface area contributed by atoms with Gasteiger partial charge in [0.1, 0.15) is 5.50 Å². The van der Waals surface area contributed by atoms with Crippen LogP contribution in [-0.4, -0.2) is 25.1 Å². The first-order chi connectivity index (χ1) is 6.36. The van der Waals surface area contributed by atoms with Crippen molar-refractivity contribution < 1.29 is 0 Å². The van der Waals surface area contributed by atoms with Crippen molar-refractivity contribution in [2.24, 2.45) is 0 Å². The van der Waals surface area contributed by atoms with Crippen LogP contribution in [0.25, 0.3) is 0 Å². The number of hydrogen-bond acceptors (Lipinski definition) is 2. The fourth-order valence-corrected chi connectivity index (χ4v) is 1.85. The van der Waals surface area contributed by atoms with Crippen LogP contribution >= 0.6 is 11.6 Å². The molecule has 0 bridgehead atoms. The number of nitrogens with one attached hydrogen (secondary N) is 1. The van der Waals surface area contributed by atoms with Crippen molar-refractivity contribution in [2.45, 2.75) is 5.50 Å². The molecule has 0 radical (unpaired) electrons. The van der Waals surface area contributed by atoms with Gasteiger partial charge in [-0.3, -0.25) is 5.32 Å². The van der Waals surface area contributed by atoms with E-state index in [0.717, 1.165) is 19.6 Å². The van der Waals surface area contributed by atoms with E-state index in [-0.39, 0.29) is 5.50 Å². The first-order valence-corrected chi connectivity index (χ1v) is 4.97. The van der Waals surface area contributed by atoms with Gasteiger partial charge in [-0.25, -0.2) is 0 Å². The summed E-state index contributed by atoms with van der Waals surface area (Å²) in [5.41, 5.74) is 1.34. The minimum absolute atomic E-state index is 0.0777. The van der Waals surface area contributed by atoms with E-state index in [1.54, 1.807) is 0 Å². The van der Waals surface area contributed by atoms with Crippen LogP contribution in [0.3, 0.4) is 0 Å². The molecule has 1 aromatic rings. The maximum atomic E-state index is 6.01. The lowest BCUT2D eigenvalue weighted by Crippen LogP contribution is -2.48. The van der Waals surface area contributed by atoms with Crippen LogP contribution in [0.4, 0.5) is 5.69 Å². The summed E-state index contributed by atoms with van der Waals surface area (Å²) in [5.74, 6) is 0. The summed E-state index contributed by atoms with van der Waals surface area (Å²) < 4.78 is 0. The van der Waals surface area contributed by atoms with E-state index in [1.807, 2.05) is 6.07 Å². The molecule has 0 saturated carbocycles. The molecule has 1 N–H and O–H groups in total. The molecule has 1 fully saturated rings. The third-order valence-corrected chi connectivity index (χ3v) is 2.54. The number of alkyl halides is 1. The Morgan fingerprint density at radius 1 is 1.31 bits per heavy atom. The van der Waals surface area contributed by atoms with E-state index in [2.05, 4.69) is 34.5 Å². The minimum Gasteiger partial charge on any atom is -0.367 e. The molecule has 0 amide bonds. The predicted molar refractivity (Wildman–Crippen MR) is 56.3 cm³/mol. The van der Waals surface area contributed by atoms with Crippen molar-refractivity contribution in [2.75, 3.05) is 24.5 Å². The third kappa shape index (κ3) is 2.14. The molecule has 3 heteroatoms. The van der Waals surface area contributed by atoms with E-state index in [9.17, 15) is 0 Å². The highest BCUT2D eigenvalue weighted by Crippen LogP contribution is 2.15. The van der Waals surface area contributed by atoms with Crippen molar-refractivity contribution in [1.82, 2.24) is 5.32 Å². The van der Waals surface area contributed by atoms with Crippen LogP contribution in [0.5, 0.6) is 0 Å². The molecule has 0 spiro atoms. The molecule has 70 valence electrons. The highest BCUT2D eigenvalue weighted by atomic mass is 35.5. The maximum Gasteiger partial charge on any atom is 0.100 e. The summed E-state index contributed by atoms with van der Waals surface area (Å²) >= 11 is 6.01. The third-order valence-electron chi connectivity index (χ3n) is 2.25. The smallest absolute Gasteiger partial charge is 0.100 e. The van der Waals surface area contributed by atoms with Gasteiger partial charge in [-0.05, 0) is 12.1 Å². The second-order valence-electron chi connectivity index (χ2n) is 3.20. The number of rotatable bonds is 1. The molecule has 1 aliphatic rings. The first kappa shape index (κ1) is 8.85. The van der Waals surface area contributed by atoms with Crippen LogP contribution in [-0.2, 0) is 0 Å². The quantitative estimate of drug-likeness (QED) is 0.543. The van der Waals surface area contributed by atoms with Crippen molar-refractivity contribution in [1.29, 1.82) is 0 Å². The van der Waals surface area contributed by atoms with Gasteiger partial charge in [-0.15, -0.1) is 11.6 Å². The van der Waals surface area contributed by atoms with Gasteiger partial charge < -0.3 is 4.90 Å². The van der Waals surface area contributed by atoms with Gasteiger partial charge in [0.15, 0.2) is 0 Å². The zero-order valence-electron chi connectivity index (χ0n) is 7.41. The monoisotopic (exact) mass is 196 g/mol. The Labute approximate surface area is 83.5 Å². The van der Waals surface area contributed by atoms with Gasteiger partial charge in [0, 0.05) is 25.3 Å². The van der Waals surface area contributed by atoms with Gasteiger partial charge in [0.2, 0.25) is 0 Å². The molecule has 1 atom stereocenters. The number of nitrogens with zero attached hydrogens (tertiary/aromatic N) is 1. The van der Waals surface area contributed by atoms with Crippen LogP contribution in [0, 0.1) is 0 Å². The Hall–Kier alpha value is -0.730. The number of para-hydroxylation sites is 1. The normalized spacial score (nSPS) is 23.2. The molecule has 1 aliphatic heterocycles. The summed E-state index contributed by atoms with van der Waals surface area (Å²) in [5, 5.41) is 3.21. The van der Waals surface area contributed by atoms with E-state index in [1.165, 1.54) is 5.69 Å². The van der Waals surface area contributed by atoms with Crippen molar-refractivity contribution in [3.05, 3.63) is 30.3 Å². The van der Waals surface area contributed by atoms with Crippen molar-refractivity contribution >= 4 is 17.3 Å². The molecule has 1 heterocycles. The van der Waals surface area contributed by atoms with Crippen LogP contribution in [0.2, 0.25) is 0 Å². The lowest BCUT2D eigenvalue weighted by Gasteiger charge is -2.32. The number of halogens is 1.